The maximum Gasteiger partial charge on any atom is 0.441 e. The molecule has 0 bridgehead atoms. The van der Waals surface area contributed by atoms with Crippen molar-refractivity contribution >= 4 is 25.6 Å². The van der Waals surface area contributed by atoms with E-state index in [2.05, 4.69) is 4.74 Å². The Labute approximate surface area is 104 Å². The first-order chi connectivity index (χ1) is 8.21. The Morgan fingerprint density at radius 3 is 2.22 bits per heavy atom. The molecule has 0 amide bonds. The van der Waals surface area contributed by atoms with Gasteiger partial charge in [0.2, 0.25) is 0 Å². The number of hydrogen-bond acceptors (Lipinski definition) is 6. The predicted molar refractivity (Wildman–Crippen MR) is 60.2 cm³/mol. The Hall–Kier alpha value is -1.49. The maximum atomic E-state index is 11.1. The molecule has 2 N–H and O–H groups in total. The highest BCUT2D eigenvalue weighted by molar-refractivity contribution is 8.11. The molecule has 0 aliphatic carbocycles. The zero-order chi connectivity index (χ0) is 13.8. The van der Waals surface area contributed by atoms with Gasteiger partial charge < -0.3 is 4.74 Å². The van der Waals surface area contributed by atoms with Crippen LogP contribution in [0.4, 0.5) is 4.79 Å². The quantitative estimate of drug-likeness (QED) is 0.593. The highest BCUT2D eigenvalue weighted by atomic mass is 32.3. The van der Waals surface area contributed by atoms with Gasteiger partial charge in [0.25, 0.3) is 0 Å². The first kappa shape index (κ1) is 14.6. The van der Waals surface area contributed by atoms with Gasteiger partial charge >= 0.3 is 25.6 Å². The van der Waals surface area contributed by atoms with Crippen LogP contribution in [0.2, 0.25) is 0 Å². The van der Waals surface area contributed by atoms with Crippen molar-refractivity contribution in [2.24, 2.45) is 0 Å². The minimum absolute atomic E-state index is 0.341. The van der Waals surface area contributed by atoms with Crippen LogP contribution in [-0.4, -0.2) is 26.7 Å². The molecule has 18 heavy (non-hydrogen) atoms. The summed E-state index contributed by atoms with van der Waals surface area (Å²) >= 11 is 0. The molecule has 0 aromatic heterocycles. The zero-order valence-electron chi connectivity index (χ0n) is 8.81. The molecular weight excluding hydrogens is 286 g/mol. The maximum absolute atomic E-state index is 11.1. The highest BCUT2D eigenvalue weighted by Gasteiger charge is 2.28. The SMILES string of the molecule is O=C(OCc1ccccc1)S(=O)(=O)NS(=O)(=O)O. The van der Waals surface area contributed by atoms with Gasteiger partial charge in [-0.3, -0.25) is 4.55 Å². The smallest absolute Gasteiger partial charge is 0.441 e. The second-order valence-corrected chi connectivity index (χ2v) is 6.04. The molecule has 100 valence electrons. The molecular formula is C8H9NO7S2. The number of sulfonamides is 1. The summed E-state index contributed by atoms with van der Waals surface area (Å²) in [5, 5.41) is -1.80. The summed E-state index contributed by atoms with van der Waals surface area (Å²) in [4.78, 5) is 11.1. The van der Waals surface area contributed by atoms with Gasteiger partial charge in [-0.25, -0.2) is 4.79 Å². The topological polar surface area (TPSA) is 127 Å². The van der Waals surface area contributed by atoms with Crippen LogP contribution in [0.5, 0.6) is 0 Å². The van der Waals surface area contributed by atoms with Gasteiger partial charge in [0, 0.05) is 0 Å². The van der Waals surface area contributed by atoms with Crippen molar-refractivity contribution in [2.45, 2.75) is 6.61 Å². The molecule has 10 heteroatoms. The van der Waals surface area contributed by atoms with Gasteiger partial charge in [0.1, 0.15) is 6.61 Å². The second kappa shape index (κ2) is 5.44. The molecule has 1 aromatic carbocycles. The molecule has 0 saturated heterocycles. The number of benzene rings is 1. The van der Waals surface area contributed by atoms with Crippen LogP contribution >= 0.6 is 0 Å². The van der Waals surface area contributed by atoms with Gasteiger partial charge in [-0.15, -0.1) is 0 Å². The second-order valence-electron chi connectivity index (χ2n) is 3.09. The van der Waals surface area contributed by atoms with Crippen LogP contribution in [0.25, 0.3) is 0 Å². The molecule has 0 unspecified atom stereocenters. The Kier molecular flexibility index (Phi) is 4.40. The summed E-state index contributed by atoms with van der Waals surface area (Å²) in [5.41, 5.74) is 0.521. The molecule has 0 heterocycles. The first-order valence-electron chi connectivity index (χ1n) is 4.42. The molecule has 0 radical (unpaired) electrons. The lowest BCUT2D eigenvalue weighted by Gasteiger charge is -2.05. The van der Waals surface area contributed by atoms with Gasteiger partial charge in [-0.2, -0.15) is 16.8 Å². The monoisotopic (exact) mass is 295 g/mol. The Morgan fingerprint density at radius 2 is 1.72 bits per heavy atom. The number of carbonyl (C=O) groups is 1. The minimum Gasteiger partial charge on any atom is -0.448 e. The summed E-state index contributed by atoms with van der Waals surface area (Å²) < 4.78 is 56.0. The fourth-order valence-electron chi connectivity index (χ4n) is 0.967. The lowest BCUT2D eigenvalue weighted by molar-refractivity contribution is 0.165. The molecule has 0 aliphatic heterocycles. The van der Waals surface area contributed by atoms with Crippen LogP contribution in [0.15, 0.2) is 30.3 Å². The van der Waals surface area contributed by atoms with Gasteiger partial charge in [-0.05, 0) is 5.56 Å². The van der Waals surface area contributed by atoms with Crippen LogP contribution in [0, 0.1) is 0 Å². The molecule has 0 aliphatic rings. The average molecular weight is 295 g/mol. The number of hydrogen-bond donors (Lipinski definition) is 2. The van der Waals surface area contributed by atoms with Crippen LogP contribution in [0.3, 0.4) is 0 Å². The minimum atomic E-state index is -5.05. The van der Waals surface area contributed by atoms with Gasteiger partial charge in [-0.1, -0.05) is 34.5 Å². The van der Waals surface area contributed by atoms with E-state index >= 15 is 0 Å². The zero-order valence-corrected chi connectivity index (χ0v) is 10.4. The Balaban J connectivity index is 2.67. The van der Waals surface area contributed by atoms with Crippen molar-refractivity contribution in [2.75, 3.05) is 0 Å². The number of nitrogens with one attached hydrogen (secondary N) is 1. The van der Waals surface area contributed by atoms with Crippen molar-refractivity contribution in [1.29, 1.82) is 0 Å². The van der Waals surface area contributed by atoms with Crippen LogP contribution in [-0.2, 0) is 31.7 Å². The van der Waals surface area contributed by atoms with Crippen molar-refractivity contribution < 1.29 is 30.9 Å². The predicted octanol–water partition coefficient (Wildman–Crippen LogP) is 0.0454. The molecule has 8 nitrogen and oxygen atoms in total. The fraction of sp³-hybridized carbons (Fsp3) is 0.125. The summed E-state index contributed by atoms with van der Waals surface area (Å²) in [6.45, 7) is -0.341. The Bertz CT molecular complexity index is 621. The molecule has 0 atom stereocenters. The molecule has 1 rings (SSSR count). The van der Waals surface area contributed by atoms with E-state index < -0.39 is 25.6 Å². The first-order valence-corrected chi connectivity index (χ1v) is 7.35. The summed E-state index contributed by atoms with van der Waals surface area (Å²) in [7, 11) is -9.99. The lowest BCUT2D eigenvalue weighted by atomic mass is 10.2. The van der Waals surface area contributed by atoms with E-state index in [4.69, 9.17) is 4.55 Å². The van der Waals surface area contributed by atoms with Crippen molar-refractivity contribution in [1.82, 2.24) is 4.13 Å². The van der Waals surface area contributed by atoms with E-state index in [1.54, 1.807) is 30.3 Å². The third kappa shape index (κ3) is 4.79. The van der Waals surface area contributed by atoms with E-state index in [-0.39, 0.29) is 6.61 Å². The largest absolute Gasteiger partial charge is 0.448 e. The number of carbonyl (C=O) groups excluding carboxylic acids is 1. The molecule has 0 spiro atoms. The standard InChI is InChI=1S/C8H9NO7S2/c10-8(17(11,12)9-18(13,14)15)16-6-7-4-2-1-3-5-7/h1-5,9H,6H2,(H,13,14,15). The molecule has 1 aromatic rings. The van der Waals surface area contributed by atoms with E-state index in [9.17, 15) is 21.6 Å². The van der Waals surface area contributed by atoms with Crippen molar-refractivity contribution in [3.63, 3.8) is 0 Å². The number of ether oxygens (including phenoxy) is 1. The van der Waals surface area contributed by atoms with E-state index in [0.29, 0.717) is 5.56 Å². The van der Waals surface area contributed by atoms with Crippen LogP contribution in [0.1, 0.15) is 5.56 Å². The molecule has 0 fully saturated rings. The van der Waals surface area contributed by atoms with Gasteiger partial charge in [0.15, 0.2) is 0 Å². The lowest BCUT2D eigenvalue weighted by Crippen LogP contribution is -2.35. The normalized spacial score (nSPS) is 12.1. The van der Waals surface area contributed by atoms with Crippen molar-refractivity contribution in [3.8, 4) is 0 Å². The molecule has 0 saturated carbocycles. The number of rotatable bonds is 4. The van der Waals surface area contributed by atoms with Gasteiger partial charge in [0.05, 0.1) is 0 Å². The summed E-state index contributed by atoms with van der Waals surface area (Å²) in [5.74, 6) is 0. The third-order valence-electron chi connectivity index (χ3n) is 1.63. The van der Waals surface area contributed by atoms with Crippen LogP contribution < -0.4 is 4.13 Å². The third-order valence-corrected chi connectivity index (χ3v) is 3.91. The fourth-order valence-corrected chi connectivity index (χ4v) is 2.56. The highest BCUT2D eigenvalue weighted by Crippen LogP contribution is 2.03. The van der Waals surface area contributed by atoms with E-state index in [1.807, 2.05) is 0 Å². The average Bonchev–Trinajstić information content (AvgIpc) is 2.24. The van der Waals surface area contributed by atoms with E-state index in [0.717, 1.165) is 4.13 Å². The summed E-state index contributed by atoms with van der Waals surface area (Å²) in [6.07, 6.45) is 0. The van der Waals surface area contributed by atoms with E-state index in [1.165, 1.54) is 0 Å². The Morgan fingerprint density at radius 1 is 1.17 bits per heavy atom. The van der Waals surface area contributed by atoms with Crippen molar-refractivity contribution in [3.05, 3.63) is 35.9 Å². The summed E-state index contributed by atoms with van der Waals surface area (Å²) in [6, 6.07) is 8.16.